The fraction of sp³-hybridized carbons (Fsp3) is 0.0526. The summed E-state index contributed by atoms with van der Waals surface area (Å²) in [6.07, 6.45) is 3.21. The Morgan fingerprint density at radius 1 is 1.07 bits per heavy atom. The lowest BCUT2D eigenvalue weighted by atomic mass is 10.2. The summed E-state index contributed by atoms with van der Waals surface area (Å²) in [6, 6.07) is 15.3. The van der Waals surface area contributed by atoms with Gasteiger partial charge in [-0.2, -0.15) is 5.10 Å². The van der Waals surface area contributed by atoms with E-state index in [1.165, 1.54) is 12.1 Å². The first kappa shape index (κ1) is 20.0. The van der Waals surface area contributed by atoms with Crippen LogP contribution in [0, 0.1) is 10.1 Å². The number of nitro groups is 1. The van der Waals surface area contributed by atoms with Crippen molar-refractivity contribution in [3.63, 3.8) is 0 Å². The van der Waals surface area contributed by atoms with E-state index in [2.05, 4.69) is 20.2 Å². The number of nitrogens with one attached hydrogen (secondary N) is 2. The van der Waals surface area contributed by atoms with Crippen LogP contribution in [0.25, 0.3) is 0 Å². The molecule has 0 aliphatic heterocycles. The molecule has 0 aliphatic carbocycles. The molecule has 2 N–H and O–H groups in total. The van der Waals surface area contributed by atoms with Crippen molar-refractivity contribution in [2.75, 3.05) is 10.1 Å². The van der Waals surface area contributed by atoms with Crippen LogP contribution in [0.15, 0.2) is 83.1 Å². The highest BCUT2D eigenvalue weighted by atomic mass is 32.2. The zero-order valence-electron chi connectivity index (χ0n) is 15.3. The summed E-state index contributed by atoms with van der Waals surface area (Å²) >= 11 is 0. The van der Waals surface area contributed by atoms with Crippen LogP contribution in [0.4, 0.5) is 17.1 Å². The van der Waals surface area contributed by atoms with Crippen LogP contribution in [0.3, 0.4) is 0 Å². The molecular weight excluding hydrogens is 394 g/mol. The smallest absolute Gasteiger partial charge is 0.280 e. The van der Waals surface area contributed by atoms with Gasteiger partial charge < -0.3 is 0 Å². The predicted octanol–water partition coefficient (Wildman–Crippen LogP) is 3.63. The molecule has 10 heteroatoms. The van der Waals surface area contributed by atoms with Crippen molar-refractivity contribution in [2.24, 2.45) is 5.10 Å². The number of anilines is 2. The number of sulfonamides is 1. The number of benzene rings is 2. The Bertz CT molecular complexity index is 1150. The van der Waals surface area contributed by atoms with Gasteiger partial charge in [-0.25, -0.2) is 8.42 Å². The largest absolute Gasteiger partial charge is 0.295 e. The molecule has 0 radical (unpaired) electrons. The van der Waals surface area contributed by atoms with Crippen molar-refractivity contribution >= 4 is 32.8 Å². The standard InChI is InChI=1S/C19H17N5O4S/c1-14(15-9-11-20-12-10-15)21-22-18-8-7-17(13-19(18)24(25)26)29(27,28)23-16-5-3-2-4-6-16/h2-13,22-23H,1H3. The Hall–Kier alpha value is -3.79. The van der Waals surface area contributed by atoms with E-state index in [0.29, 0.717) is 11.4 Å². The number of aromatic nitrogens is 1. The van der Waals surface area contributed by atoms with Gasteiger partial charge >= 0.3 is 0 Å². The van der Waals surface area contributed by atoms with Crippen molar-refractivity contribution < 1.29 is 13.3 Å². The van der Waals surface area contributed by atoms with Gasteiger partial charge in [0, 0.05) is 29.7 Å². The zero-order valence-corrected chi connectivity index (χ0v) is 16.1. The van der Waals surface area contributed by atoms with Gasteiger partial charge in [0.05, 0.1) is 15.5 Å². The van der Waals surface area contributed by atoms with Gasteiger partial charge in [-0.1, -0.05) is 18.2 Å². The molecule has 0 bridgehead atoms. The van der Waals surface area contributed by atoms with Gasteiger partial charge in [0.25, 0.3) is 15.7 Å². The Morgan fingerprint density at radius 2 is 1.76 bits per heavy atom. The molecule has 3 rings (SSSR count). The van der Waals surface area contributed by atoms with Crippen LogP contribution >= 0.6 is 0 Å². The zero-order chi connectivity index (χ0) is 20.9. The number of hydrazone groups is 1. The highest BCUT2D eigenvalue weighted by molar-refractivity contribution is 7.92. The first-order valence-electron chi connectivity index (χ1n) is 8.44. The van der Waals surface area contributed by atoms with Gasteiger partial charge in [-0.05, 0) is 43.3 Å². The van der Waals surface area contributed by atoms with Crippen LogP contribution in [-0.2, 0) is 10.0 Å². The van der Waals surface area contributed by atoms with Crippen molar-refractivity contribution in [3.05, 3.63) is 88.7 Å². The number of pyridine rings is 1. The molecule has 0 saturated heterocycles. The molecule has 0 unspecified atom stereocenters. The Balaban J connectivity index is 1.88. The maximum absolute atomic E-state index is 12.6. The second-order valence-corrected chi connectivity index (χ2v) is 7.63. The number of hydrogen-bond acceptors (Lipinski definition) is 7. The molecule has 0 fully saturated rings. The van der Waals surface area contributed by atoms with Crippen LogP contribution < -0.4 is 10.1 Å². The molecular formula is C19H17N5O4S. The highest BCUT2D eigenvalue weighted by Crippen LogP contribution is 2.28. The minimum absolute atomic E-state index is 0.0714. The van der Waals surface area contributed by atoms with Crippen LogP contribution in [0.1, 0.15) is 12.5 Å². The monoisotopic (exact) mass is 411 g/mol. The average Bonchev–Trinajstić information content (AvgIpc) is 2.72. The molecule has 0 saturated carbocycles. The van der Waals surface area contributed by atoms with Crippen molar-refractivity contribution in [3.8, 4) is 0 Å². The van der Waals surface area contributed by atoms with E-state index in [-0.39, 0.29) is 10.6 Å². The fourth-order valence-electron chi connectivity index (χ4n) is 2.45. The number of hydrogen-bond donors (Lipinski definition) is 2. The van der Waals surface area contributed by atoms with Crippen LogP contribution in [-0.4, -0.2) is 24.0 Å². The molecule has 0 amide bonds. The number of nitrogens with zero attached hydrogens (tertiary/aromatic N) is 3. The molecule has 3 aromatic rings. The first-order chi connectivity index (χ1) is 13.9. The third-order valence-electron chi connectivity index (χ3n) is 3.94. The molecule has 0 spiro atoms. The van der Waals surface area contributed by atoms with E-state index < -0.39 is 20.6 Å². The van der Waals surface area contributed by atoms with Gasteiger partial charge in [0.15, 0.2) is 0 Å². The van der Waals surface area contributed by atoms with Crippen LogP contribution in [0.2, 0.25) is 0 Å². The number of para-hydroxylation sites is 1. The summed E-state index contributed by atoms with van der Waals surface area (Å²) < 4.78 is 27.5. The molecule has 0 atom stereocenters. The maximum atomic E-state index is 12.6. The molecule has 148 valence electrons. The summed E-state index contributed by atoms with van der Waals surface area (Å²) in [6.45, 7) is 1.73. The second kappa shape index (κ2) is 8.48. The fourth-order valence-corrected chi connectivity index (χ4v) is 3.52. The Morgan fingerprint density at radius 3 is 2.41 bits per heavy atom. The van der Waals surface area contributed by atoms with Gasteiger partial charge in [-0.15, -0.1) is 0 Å². The summed E-state index contributed by atoms with van der Waals surface area (Å²) in [4.78, 5) is 14.5. The molecule has 1 aromatic heterocycles. The second-order valence-electron chi connectivity index (χ2n) is 5.95. The molecule has 1 heterocycles. The maximum Gasteiger partial charge on any atom is 0.295 e. The third kappa shape index (κ3) is 4.93. The van der Waals surface area contributed by atoms with Gasteiger partial charge in [0.2, 0.25) is 0 Å². The quantitative estimate of drug-likeness (QED) is 0.347. The molecule has 29 heavy (non-hydrogen) atoms. The molecule has 0 aliphatic rings. The summed E-state index contributed by atoms with van der Waals surface area (Å²) in [5, 5.41) is 15.6. The summed E-state index contributed by atoms with van der Waals surface area (Å²) in [5.74, 6) is 0. The summed E-state index contributed by atoms with van der Waals surface area (Å²) in [7, 11) is -3.99. The molecule has 2 aromatic carbocycles. The van der Waals surface area contributed by atoms with Crippen molar-refractivity contribution in [2.45, 2.75) is 11.8 Å². The van der Waals surface area contributed by atoms with E-state index in [0.717, 1.165) is 11.6 Å². The Labute approximate surface area is 167 Å². The number of rotatable bonds is 7. The van der Waals surface area contributed by atoms with Crippen LogP contribution in [0.5, 0.6) is 0 Å². The van der Waals surface area contributed by atoms with Crippen molar-refractivity contribution in [1.29, 1.82) is 0 Å². The average molecular weight is 411 g/mol. The van der Waals surface area contributed by atoms with E-state index in [9.17, 15) is 18.5 Å². The normalized spacial score (nSPS) is 11.7. The number of nitro benzene ring substituents is 1. The summed E-state index contributed by atoms with van der Waals surface area (Å²) in [5.41, 5.74) is 4.03. The Kier molecular flexibility index (Phi) is 5.84. The minimum atomic E-state index is -3.99. The minimum Gasteiger partial charge on any atom is -0.280 e. The lowest BCUT2D eigenvalue weighted by Gasteiger charge is -2.09. The van der Waals surface area contributed by atoms with E-state index in [4.69, 9.17) is 0 Å². The lowest BCUT2D eigenvalue weighted by Crippen LogP contribution is -2.13. The van der Waals surface area contributed by atoms with E-state index in [1.54, 1.807) is 61.8 Å². The van der Waals surface area contributed by atoms with Crippen molar-refractivity contribution in [1.82, 2.24) is 4.98 Å². The van der Waals surface area contributed by atoms with E-state index in [1.807, 2.05) is 0 Å². The molecule has 9 nitrogen and oxygen atoms in total. The van der Waals surface area contributed by atoms with Gasteiger partial charge in [-0.3, -0.25) is 25.2 Å². The topological polar surface area (TPSA) is 127 Å². The SMILES string of the molecule is CC(=NNc1ccc(S(=O)(=O)Nc2ccccc2)cc1[N+](=O)[O-])c1ccncc1. The van der Waals surface area contributed by atoms with E-state index >= 15 is 0 Å². The predicted molar refractivity (Wildman–Crippen MR) is 110 cm³/mol. The van der Waals surface area contributed by atoms with Gasteiger partial charge in [0.1, 0.15) is 5.69 Å². The highest BCUT2D eigenvalue weighted by Gasteiger charge is 2.21. The first-order valence-corrected chi connectivity index (χ1v) is 9.92. The lowest BCUT2D eigenvalue weighted by molar-refractivity contribution is -0.384. The third-order valence-corrected chi connectivity index (χ3v) is 5.32.